The van der Waals surface area contributed by atoms with Crippen LogP contribution >= 0.6 is 11.3 Å². The van der Waals surface area contributed by atoms with Crippen LogP contribution in [0.4, 0.5) is 0 Å². The highest BCUT2D eigenvalue weighted by molar-refractivity contribution is 7.18. The number of benzene rings is 1. The molecule has 0 aliphatic rings. The topological polar surface area (TPSA) is 25.8 Å². The fourth-order valence-electron chi connectivity index (χ4n) is 1.79. The Morgan fingerprint density at radius 1 is 1.06 bits per heavy atom. The molecule has 0 fully saturated rings. The molecule has 2 nitrogen and oxygen atoms in total. The minimum Gasteiger partial charge on any atom is -0.256 e. The molecule has 3 rings (SSSR count). The molecule has 0 N–H and O–H groups in total. The third-order valence-electron chi connectivity index (χ3n) is 2.47. The Morgan fingerprint density at radius 3 is 2.81 bits per heavy atom. The van der Waals surface area contributed by atoms with Gasteiger partial charge in [0.1, 0.15) is 0 Å². The molecule has 0 radical (unpaired) electrons. The molecule has 2 heterocycles. The molecule has 0 aliphatic heterocycles. The van der Waals surface area contributed by atoms with Gasteiger partial charge in [0.25, 0.3) is 0 Å². The van der Waals surface area contributed by atoms with E-state index in [0.717, 1.165) is 21.8 Å². The Morgan fingerprint density at radius 2 is 2.00 bits per heavy atom. The highest BCUT2D eigenvalue weighted by Gasteiger charge is 2.07. The quantitative estimate of drug-likeness (QED) is 0.632. The third-order valence-corrected chi connectivity index (χ3v) is 3.40. The van der Waals surface area contributed by atoms with Crippen molar-refractivity contribution in [2.45, 2.75) is 6.92 Å². The van der Waals surface area contributed by atoms with E-state index in [1.807, 2.05) is 31.3 Å². The fourth-order valence-corrected chi connectivity index (χ4v) is 2.64. The number of nitrogens with zero attached hydrogens (tertiary/aromatic N) is 2. The van der Waals surface area contributed by atoms with Gasteiger partial charge in [0.05, 0.1) is 20.9 Å². The van der Waals surface area contributed by atoms with Gasteiger partial charge < -0.3 is 0 Å². The lowest BCUT2D eigenvalue weighted by atomic mass is 10.1. The monoisotopic (exact) mass is 226 g/mol. The van der Waals surface area contributed by atoms with Crippen LogP contribution in [0.3, 0.4) is 0 Å². The Labute approximate surface area is 97.6 Å². The van der Waals surface area contributed by atoms with Gasteiger partial charge in [-0.2, -0.15) is 0 Å². The minimum atomic E-state index is 0.985. The minimum absolute atomic E-state index is 0.985. The molecule has 78 valence electrons. The van der Waals surface area contributed by atoms with Crippen LogP contribution in [0.1, 0.15) is 5.01 Å². The number of thiazole rings is 1. The molecular formula is C13H10N2S. The number of rotatable bonds is 1. The first kappa shape index (κ1) is 9.48. The third kappa shape index (κ3) is 1.49. The smallest absolute Gasteiger partial charge is 0.0909 e. The van der Waals surface area contributed by atoms with Crippen LogP contribution in [0.15, 0.2) is 42.6 Å². The van der Waals surface area contributed by atoms with Crippen molar-refractivity contribution >= 4 is 21.6 Å². The Kier molecular flexibility index (Phi) is 2.18. The van der Waals surface area contributed by atoms with Crippen molar-refractivity contribution in [2.75, 3.05) is 0 Å². The number of hydrogen-bond donors (Lipinski definition) is 0. The van der Waals surface area contributed by atoms with Crippen molar-refractivity contribution in [3.05, 3.63) is 47.6 Å². The zero-order chi connectivity index (χ0) is 11.0. The van der Waals surface area contributed by atoms with Gasteiger partial charge in [-0.15, -0.1) is 11.3 Å². The molecule has 0 unspecified atom stereocenters. The van der Waals surface area contributed by atoms with Crippen molar-refractivity contribution in [3.63, 3.8) is 0 Å². The molecule has 3 aromatic rings. The first-order valence-electron chi connectivity index (χ1n) is 5.12. The molecule has 0 saturated heterocycles. The number of aryl methyl sites for hydroxylation is 1. The number of para-hydroxylation sites is 1. The number of pyridine rings is 1. The Balaban J connectivity index is 2.31. The molecule has 3 heteroatoms. The largest absolute Gasteiger partial charge is 0.256 e. The van der Waals surface area contributed by atoms with E-state index >= 15 is 0 Å². The molecule has 16 heavy (non-hydrogen) atoms. The van der Waals surface area contributed by atoms with E-state index in [4.69, 9.17) is 0 Å². The zero-order valence-electron chi connectivity index (χ0n) is 8.84. The lowest BCUT2D eigenvalue weighted by Gasteiger charge is -2.00. The predicted octanol–water partition coefficient (Wildman–Crippen LogP) is 3.67. The summed E-state index contributed by atoms with van der Waals surface area (Å²) >= 11 is 1.72. The van der Waals surface area contributed by atoms with Gasteiger partial charge in [0.15, 0.2) is 0 Å². The Hall–Kier alpha value is -1.74. The summed E-state index contributed by atoms with van der Waals surface area (Å²) in [5.74, 6) is 0. The average molecular weight is 226 g/mol. The molecule has 0 spiro atoms. The summed E-state index contributed by atoms with van der Waals surface area (Å²) in [4.78, 5) is 8.94. The van der Waals surface area contributed by atoms with Crippen LogP contribution in [0.25, 0.3) is 21.5 Å². The van der Waals surface area contributed by atoms with Gasteiger partial charge in [-0.25, -0.2) is 4.98 Å². The van der Waals surface area contributed by atoms with Crippen molar-refractivity contribution in [1.82, 2.24) is 9.97 Å². The molecule has 0 atom stereocenters. The maximum absolute atomic E-state index is 4.57. The van der Waals surface area contributed by atoms with Gasteiger partial charge in [-0.3, -0.25) is 4.98 Å². The fraction of sp³-hybridized carbons (Fsp3) is 0.0769. The van der Waals surface area contributed by atoms with Crippen LogP contribution in [0.5, 0.6) is 0 Å². The first-order valence-corrected chi connectivity index (χ1v) is 5.94. The van der Waals surface area contributed by atoms with E-state index < -0.39 is 0 Å². The Bertz CT molecular complexity index is 629. The van der Waals surface area contributed by atoms with Crippen LogP contribution < -0.4 is 0 Å². The lowest BCUT2D eigenvalue weighted by molar-refractivity contribution is 1.31. The summed E-state index contributed by atoms with van der Waals surface area (Å²) < 4.78 is 1.22. The maximum Gasteiger partial charge on any atom is 0.0909 e. The molecule has 0 saturated carbocycles. The van der Waals surface area contributed by atoms with Crippen molar-refractivity contribution in [1.29, 1.82) is 0 Å². The second-order valence-corrected chi connectivity index (χ2v) is 4.83. The van der Waals surface area contributed by atoms with Gasteiger partial charge in [0.2, 0.25) is 0 Å². The normalized spacial score (nSPS) is 10.8. The van der Waals surface area contributed by atoms with Crippen LogP contribution in [0, 0.1) is 6.92 Å². The number of hydrogen-bond acceptors (Lipinski definition) is 3. The lowest BCUT2D eigenvalue weighted by Crippen LogP contribution is -1.83. The zero-order valence-corrected chi connectivity index (χ0v) is 9.66. The van der Waals surface area contributed by atoms with E-state index in [1.54, 1.807) is 11.3 Å². The van der Waals surface area contributed by atoms with Gasteiger partial charge in [-0.05, 0) is 25.1 Å². The van der Waals surface area contributed by atoms with Gasteiger partial charge in [0, 0.05) is 11.8 Å². The molecule has 0 amide bonds. The summed E-state index contributed by atoms with van der Waals surface area (Å²) in [6, 6.07) is 12.2. The van der Waals surface area contributed by atoms with Crippen LogP contribution in [-0.4, -0.2) is 9.97 Å². The van der Waals surface area contributed by atoms with E-state index in [-0.39, 0.29) is 0 Å². The van der Waals surface area contributed by atoms with Crippen molar-refractivity contribution in [2.24, 2.45) is 0 Å². The van der Waals surface area contributed by atoms with Gasteiger partial charge in [-0.1, -0.05) is 18.2 Å². The SMILES string of the molecule is Cc1nc2c(-c3ccccn3)cccc2s1. The van der Waals surface area contributed by atoms with E-state index in [1.165, 1.54) is 4.70 Å². The van der Waals surface area contributed by atoms with Crippen molar-refractivity contribution < 1.29 is 0 Å². The molecule has 0 aliphatic carbocycles. The maximum atomic E-state index is 4.57. The summed E-state index contributed by atoms with van der Waals surface area (Å²) in [7, 11) is 0. The molecule has 1 aromatic carbocycles. The van der Waals surface area contributed by atoms with Crippen molar-refractivity contribution in [3.8, 4) is 11.3 Å². The van der Waals surface area contributed by atoms with Gasteiger partial charge >= 0.3 is 0 Å². The second kappa shape index (κ2) is 3.68. The number of aromatic nitrogens is 2. The molecule has 2 aromatic heterocycles. The average Bonchev–Trinajstić information content (AvgIpc) is 2.70. The first-order chi connectivity index (χ1) is 7.84. The second-order valence-electron chi connectivity index (χ2n) is 3.60. The highest BCUT2D eigenvalue weighted by Crippen LogP contribution is 2.29. The van der Waals surface area contributed by atoms with Crippen LogP contribution in [0.2, 0.25) is 0 Å². The molecule has 0 bridgehead atoms. The summed E-state index contributed by atoms with van der Waals surface area (Å²) in [6.07, 6.45) is 1.81. The standard InChI is InChI=1S/C13H10N2S/c1-9-15-13-10(5-4-7-12(13)16-9)11-6-2-3-8-14-11/h2-8H,1H3. The summed E-state index contributed by atoms with van der Waals surface area (Å²) in [6.45, 7) is 2.03. The van der Waals surface area contributed by atoms with Crippen LogP contribution in [-0.2, 0) is 0 Å². The number of fused-ring (bicyclic) bond motifs is 1. The summed E-state index contributed by atoms with van der Waals surface area (Å²) in [5.41, 5.74) is 3.16. The summed E-state index contributed by atoms with van der Waals surface area (Å²) in [5, 5.41) is 1.10. The van der Waals surface area contributed by atoms with E-state index in [0.29, 0.717) is 0 Å². The highest BCUT2D eigenvalue weighted by atomic mass is 32.1. The predicted molar refractivity (Wildman–Crippen MR) is 67.6 cm³/mol. The van der Waals surface area contributed by atoms with E-state index in [2.05, 4.69) is 28.2 Å². The van der Waals surface area contributed by atoms with E-state index in [9.17, 15) is 0 Å². The molecular weight excluding hydrogens is 216 g/mol.